The molecular weight excluding hydrogens is 374 g/mol. The topological polar surface area (TPSA) is 76.5 Å². The van der Waals surface area contributed by atoms with Gasteiger partial charge in [0.25, 0.3) is 0 Å². The van der Waals surface area contributed by atoms with E-state index in [4.69, 9.17) is 15.1 Å². The lowest BCUT2D eigenvalue weighted by atomic mass is 10.0. The molecule has 150 valence electrons. The smallest absolute Gasteiger partial charge is 0.248 e. The average Bonchev–Trinajstić information content (AvgIpc) is 3.07. The lowest BCUT2D eigenvalue weighted by Crippen LogP contribution is -2.10. The Kier molecular flexibility index (Phi) is 3.88. The minimum atomic E-state index is -0.139. The highest BCUT2D eigenvalue weighted by Crippen LogP contribution is 2.67. The van der Waals surface area contributed by atoms with Gasteiger partial charge in [0.05, 0.1) is 23.4 Å². The quantitative estimate of drug-likeness (QED) is 0.558. The molecule has 1 unspecified atom stereocenters. The van der Waals surface area contributed by atoms with E-state index in [1.807, 2.05) is 28.9 Å². The Bertz CT molecular complexity index is 1300. The zero-order chi connectivity index (χ0) is 20.1. The van der Waals surface area contributed by atoms with Crippen LogP contribution in [0.4, 0.5) is 0 Å². The number of hydrogen-bond donors (Lipinski definition) is 1. The summed E-state index contributed by atoms with van der Waals surface area (Å²) in [4.78, 5) is 24.4. The number of rotatable bonds is 4. The molecule has 1 spiro atoms. The summed E-state index contributed by atoms with van der Waals surface area (Å²) in [6, 6.07) is 17.4. The van der Waals surface area contributed by atoms with Gasteiger partial charge in [-0.3, -0.25) is 9.78 Å². The fourth-order valence-electron chi connectivity index (χ4n) is 5.11. The number of aromatic amines is 1. The summed E-state index contributed by atoms with van der Waals surface area (Å²) in [7, 11) is 0. The summed E-state index contributed by atoms with van der Waals surface area (Å²) >= 11 is 0. The Hall–Kier alpha value is -3.28. The maximum Gasteiger partial charge on any atom is 0.248 e. The van der Waals surface area contributed by atoms with Crippen LogP contribution in [0.3, 0.4) is 0 Å². The SMILES string of the molecule is O=c1cccc(-c2nc(C3CC34CCCC4)n(Cc3ccc4ccccc4n3)n2)[nH]1. The van der Waals surface area contributed by atoms with E-state index < -0.39 is 0 Å². The van der Waals surface area contributed by atoms with Gasteiger partial charge in [-0.15, -0.1) is 5.10 Å². The molecule has 30 heavy (non-hydrogen) atoms. The number of benzene rings is 1. The number of H-pyrrole nitrogens is 1. The van der Waals surface area contributed by atoms with E-state index in [-0.39, 0.29) is 5.56 Å². The molecule has 2 fully saturated rings. The first-order chi connectivity index (χ1) is 14.7. The normalized spacial score (nSPS) is 19.5. The molecule has 0 saturated heterocycles. The van der Waals surface area contributed by atoms with Crippen molar-refractivity contribution in [3.63, 3.8) is 0 Å². The second kappa shape index (κ2) is 6.62. The first kappa shape index (κ1) is 17.6. The molecule has 0 radical (unpaired) electrons. The molecule has 0 bridgehead atoms. The van der Waals surface area contributed by atoms with E-state index in [0.717, 1.165) is 22.4 Å². The van der Waals surface area contributed by atoms with Crippen LogP contribution in [0.5, 0.6) is 0 Å². The standard InChI is InChI=1S/C24H23N5O/c30-21-9-5-8-20(26-21)22-27-23(18-14-24(18)12-3-4-13-24)29(28-22)15-17-11-10-16-6-1-2-7-19(16)25-17/h1-2,5-11,18H,3-4,12-15H2,(H,26,30). The minimum Gasteiger partial charge on any atom is -0.319 e. The summed E-state index contributed by atoms with van der Waals surface area (Å²) < 4.78 is 2.01. The van der Waals surface area contributed by atoms with Gasteiger partial charge in [-0.1, -0.05) is 43.2 Å². The number of nitrogens with zero attached hydrogens (tertiary/aromatic N) is 4. The van der Waals surface area contributed by atoms with Crippen LogP contribution in [0.15, 0.2) is 59.4 Å². The van der Waals surface area contributed by atoms with E-state index in [2.05, 4.69) is 23.2 Å². The molecule has 2 aliphatic rings. The number of para-hydroxylation sites is 1. The Morgan fingerprint density at radius 3 is 2.73 bits per heavy atom. The van der Waals surface area contributed by atoms with Crippen molar-refractivity contribution in [2.24, 2.45) is 5.41 Å². The summed E-state index contributed by atoms with van der Waals surface area (Å²) in [5, 5.41) is 5.94. The van der Waals surface area contributed by atoms with Gasteiger partial charge in [-0.25, -0.2) is 9.67 Å². The summed E-state index contributed by atoms with van der Waals surface area (Å²) in [6.45, 7) is 0.580. The average molecular weight is 397 g/mol. The number of nitrogens with one attached hydrogen (secondary N) is 1. The zero-order valence-electron chi connectivity index (χ0n) is 16.7. The van der Waals surface area contributed by atoms with Crippen molar-refractivity contribution >= 4 is 10.9 Å². The monoisotopic (exact) mass is 397 g/mol. The molecule has 3 aromatic heterocycles. The largest absolute Gasteiger partial charge is 0.319 e. The van der Waals surface area contributed by atoms with Crippen LogP contribution in [0.25, 0.3) is 22.4 Å². The van der Waals surface area contributed by atoms with Crippen LogP contribution in [-0.4, -0.2) is 24.7 Å². The lowest BCUT2D eigenvalue weighted by Gasteiger charge is -2.10. The third kappa shape index (κ3) is 2.95. The Balaban J connectivity index is 1.40. The molecule has 6 rings (SSSR count). The van der Waals surface area contributed by atoms with Crippen LogP contribution in [0.1, 0.15) is 49.5 Å². The van der Waals surface area contributed by atoms with Crippen molar-refractivity contribution in [1.29, 1.82) is 0 Å². The van der Waals surface area contributed by atoms with Crippen molar-refractivity contribution in [2.45, 2.75) is 44.6 Å². The highest BCUT2D eigenvalue weighted by Gasteiger charge is 2.57. The summed E-state index contributed by atoms with van der Waals surface area (Å²) in [5.74, 6) is 2.08. The second-order valence-corrected chi connectivity index (χ2v) is 8.70. The Labute approximate surface area is 174 Å². The number of hydrogen-bond acceptors (Lipinski definition) is 4. The maximum absolute atomic E-state index is 11.8. The van der Waals surface area contributed by atoms with Crippen molar-refractivity contribution in [3.8, 4) is 11.5 Å². The lowest BCUT2D eigenvalue weighted by molar-refractivity contribution is 0.491. The van der Waals surface area contributed by atoms with E-state index in [9.17, 15) is 4.79 Å². The predicted octanol–water partition coefficient (Wildman–Crippen LogP) is 4.28. The second-order valence-electron chi connectivity index (χ2n) is 8.70. The molecule has 2 aliphatic carbocycles. The fourth-order valence-corrected chi connectivity index (χ4v) is 5.11. The van der Waals surface area contributed by atoms with E-state index >= 15 is 0 Å². The van der Waals surface area contributed by atoms with Crippen LogP contribution in [0, 0.1) is 5.41 Å². The van der Waals surface area contributed by atoms with Crippen molar-refractivity contribution in [2.75, 3.05) is 0 Å². The molecule has 1 atom stereocenters. The predicted molar refractivity (Wildman–Crippen MR) is 115 cm³/mol. The number of aromatic nitrogens is 5. The number of pyridine rings is 2. The molecule has 4 aromatic rings. The third-order valence-electron chi connectivity index (χ3n) is 6.78. The van der Waals surface area contributed by atoms with Gasteiger partial charge in [0.1, 0.15) is 5.82 Å². The molecule has 3 heterocycles. The van der Waals surface area contributed by atoms with Gasteiger partial charge in [-0.2, -0.15) is 0 Å². The Morgan fingerprint density at radius 2 is 1.87 bits per heavy atom. The fraction of sp³-hybridized carbons (Fsp3) is 0.333. The third-order valence-corrected chi connectivity index (χ3v) is 6.78. The van der Waals surface area contributed by atoms with Crippen LogP contribution < -0.4 is 5.56 Å². The molecule has 6 heteroatoms. The summed E-state index contributed by atoms with van der Waals surface area (Å²) in [5.41, 5.74) is 2.90. The van der Waals surface area contributed by atoms with Crippen molar-refractivity contribution in [1.82, 2.24) is 24.7 Å². The molecule has 6 nitrogen and oxygen atoms in total. The van der Waals surface area contributed by atoms with Crippen molar-refractivity contribution in [3.05, 3.63) is 76.5 Å². The molecule has 1 aromatic carbocycles. The molecule has 2 saturated carbocycles. The Morgan fingerprint density at radius 1 is 1.00 bits per heavy atom. The van der Waals surface area contributed by atoms with E-state index in [0.29, 0.717) is 29.4 Å². The minimum absolute atomic E-state index is 0.139. The molecule has 0 amide bonds. The van der Waals surface area contributed by atoms with Gasteiger partial charge in [0.15, 0.2) is 5.82 Å². The highest BCUT2D eigenvalue weighted by atomic mass is 16.1. The molecular formula is C24H23N5O. The van der Waals surface area contributed by atoms with Gasteiger partial charge < -0.3 is 4.98 Å². The first-order valence-corrected chi connectivity index (χ1v) is 10.7. The zero-order valence-corrected chi connectivity index (χ0v) is 16.7. The molecule has 1 N–H and O–H groups in total. The van der Waals surface area contributed by atoms with Gasteiger partial charge in [-0.05, 0) is 42.9 Å². The van der Waals surface area contributed by atoms with E-state index in [1.165, 1.54) is 38.2 Å². The first-order valence-electron chi connectivity index (χ1n) is 10.7. The molecule has 0 aliphatic heterocycles. The van der Waals surface area contributed by atoms with Gasteiger partial charge in [0, 0.05) is 17.4 Å². The van der Waals surface area contributed by atoms with Gasteiger partial charge >= 0.3 is 0 Å². The van der Waals surface area contributed by atoms with Gasteiger partial charge in [0.2, 0.25) is 5.56 Å². The van der Waals surface area contributed by atoms with Crippen molar-refractivity contribution < 1.29 is 0 Å². The number of fused-ring (bicyclic) bond motifs is 1. The summed E-state index contributed by atoms with van der Waals surface area (Å²) in [6.07, 6.45) is 6.40. The van der Waals surface area contributed by atoms with Crippen LogP contribution in [-0.2, 0) is 6.54 Å². The highest BCUT2D eigenvalue weighted by molar-refractivity contribution is 5.78. The van der Waals surface area contributed by atoms with Crippen LogP contribution in [0.2, 0.25) is 0 Å². The van der Waals surface area contributed by atoms with Crippen LogP contribution >= 0.6 is 0 Å². The van der Waals surface area contributed by atoms with E-state index in [1.54, 1.807) is 6.07 Å². The maximum atomic E-state index is 11.8.